The normalized spacial score (nSPS) is 13.5. The molecule has 4 rings (SSSR count). The minimum absolute atomic E-state index is 0.310. The van der Waals surface area contributed by atoms with Crippen molar-refractivity contribution < 1.29 is 9.53 Å². The van der Waals surface area contributed by atoms with Gasteiger partial charge in [-0.15, -0.1) is 16.4 Å². The van der Waals surface area contributed by atoms with Gasteiger partial charge in [-0.05, 0) is 68.1 Å². The van der Waals surface area contributed by atoms with E-state index in [-0.39, 0.29) is 5.97 Å². The number of aromatic nitrogens is 3. The first-order valence-electron chi connectivity index (χ1n) is 11.2. The molecule has 3 aromatic rings. The molecule has 0 fully saturated rings. The fraction of sp³-hybridized carbons (Fsp3) is 0.391. The largest absolute Gasteiger partial charge is 0.462 e. The number of rotatable bonds is 6. The zero-order chi connectivity index (χ0) is 24.1. The molecular formula is C23H25Cl2N5O2S2. The van der Waals surface area contributed by atoms with Gasteiger partial charge in [-0.1, -0.05) is 42.1 Å². The van der Waals surface area contributed by atoms with Gasteiger partial charge in [0.1, 0.15) is 11.3 Å². The van der Waals surface area contributed by atoms with Gasteiger partial charge in [0, 0.05) is 4.88 Å². The molecule has 2 heterocycles. The van der Waals surface area contributed by atoms with Gasteiger partial charge in [0.2, 0.25) is 5.95 Å². The number of ether oxygens (including phenoxy) is 1. The summed E-state index contributed by atoms with van der Waals surface area (Å²) in [5.74, 6) is 0.0417. The van der Waals surface area contributed by atoms with E-state index in [0.29, 0.717) is 44.8 Å². The van der Waals surface area contributed by atoms with Crippen LogP contribution in [0.2, 0.25) is 10.0 Å². The number of hydrogen-bond acceptors (Lipinski definition) is 6. The Morgan fingerprint density at radius 2 is 1.97 bits per heavy atom. The molecule has 0 saturated heterocycles. The van der Waals surface area contributed by atoms with Crippen molar-refractivity contribution in [1.82, 2.24) is 14.8 Å². The van der Waals surface area contributed by atoms with Crippen molar-refractivity contribution >= 4 is 68.8 Å². The van der Waals surface area contributed by atoms with Crippen molar-refractivity contribution in [2.75, 3.05) is 17.2 Å². The summed E-state index contributed by atoms with van der Waals surface area (Å²) in [5, 5.41) is 12.6. The molecule has 7 nitrogen and oxygen atoms in total. The third-order valence-electron chi connectivity index (χ3n) is 5.47. The Morgan fingerprint density at radius 3 is 2.74 bits per heavy atom. The second kappa shape index (κ2) is 11.5. The van der Waals surface area contributed by atoms with Crippen LogP contribution < -0.4 is 10.6 Å². The van der Waals surface area contributed by atoms with Crippen molar-refractivity contribution in [2.45, 2.75) is 52.0 Å². The number of aryl methyl sites for hydroxylation is 1. The molecule has 2 aromatic heterocycles. The minimum atomic E-state index is -0.310. The number of carbonyl (C=O) groups excluding carboxylic acids is 1. The average Bonchev–Trinajstić information content (AvgIpc) is 3.34. The van der Waals surface area contributed by atoms with Crippen molar-refractivity contribution in [3.63, 3.8) is 0 Å². The molecule has 0 aliphatic heterocycles. The number of carbonyl (C=O) groups is 1. The third-order valence-corrected chi connectivity index (χ3v) is 7.62. The van der Waals surface area contributed by atoms with E-state index < -0.39 is 0 Å². The Kier molecular flexibility index (Phi) is 8.41. The van der Waals surface area contributed by atoms with E-state index in [1.165, 1.54) is 17.7 Å². The molecule has 0 spiro atoms. The standard InChI is InChI=1S/C23H25Cl2N5O2S2/c1-2-32-21(31)19-15-7-5-3-4-6-8-18(15)34-20(19)27-23(33)28-22-26-13-30(29-22)12-14-9-10-16(24)17(25)11-14/h9-11,13H,2-8,12H2,1H3,(H2,27,28,29,33). The zero-order valence-corrected chi connectivity index (χ0v) is 21.8. The highest BCUT2D eigenvalue weighted by molar-refractivity contribution is 7.80. The summed E-state index contributed by atoms with van der Waals surface area (Å²) >= 11 is 19.2. The number of nitrogens with one attached hydrogen (secondary N) is 2. The molecule has 180 valence electrons. The SMILES string of the molecule is CCOC(=O)c1c(NC(=S)Nc2ncn(Cc3ccc(Cl)c(Cl)c3)n2)sc2c1CCCCCC2. The second-order valence-electron chi connectivity index (χ2n) is 7.94. The van der Waals surface area contributed by atoms with Crippen LogP contribution in [0.25, 0.3) is 0 Å². The number of nitrogens with zero attached hydrogens (tertiary/aromatic N) is 3. The second-order valence-corrected chi connectivity index (χ2v) is 10.3. The van der Waals surface area contributed by atoms with E-state index >= 15 is 0 Å². The van der Waals surface area contributed by atoms with E-state index in [9.17, 15) is 4.79 Å². The summed E-state index contributed by atoms with van der Waals surface area (Å²) in [4.78, 5) is 18.3. The van der Waals surface area contributed by atoms with Gasteiger partial charge >= 0.3 is 5.97 Å². The molecule has 0 amide bonds. The molecule has 1 aliphatic carbocycles. The fourth-order valence-electron chi connectivity index (χ4n) is 3.92. The van der Waals surface area contributed by atoms with Gasteiger partial charge in [-0.2, -0.15) is 0 Å². The molecule has 2 N–H and O–H groups in total. The number of thiocarbonyl (C=S) groups is 1. The maximum atomic E-state index is 12.8. The Morgan fingerprint density at radius 1 is 1.18 bits per heavy atom. The summed E-state index contributed by atoms with van der Waals surface area (Å²) in [7, 11) is 0. The van der Waals surface area contributed by atoms with E-state index in [2.05, 4.69) is 20.7 Å². The van der Waals surface area contributed by atoms with E-state index in [1.807, 2.05) is 13.0 Å². The molecule has 1 aliphatic rings. The maximum Gasteiger partial charge on any atom is 0.341 e. The first-order chi connectivity index (χ1) is 16.4. The molecule has 11 heteroatoms. The highest BCUT2D eigenvalue weighted by Gasteiger charge is 2.26. The van der Waals surface area contributed by atoms with Crippen LogP contribution in [0.1, 0.15) is 59.0 Å². The van der Waals surface area contributed by atoms with Crippen molar-refractivity contribution in [1.29, 1.82) is 0 Å². The van der Waals surface area contributed by atoms with Crippen LogP contribution in [0.15, 0.2) is 24.5 Å². The summed E-state index contributed by atoms with van der Waals surface area (Å²) < 4.78 is 7.03. The molecule has 0 bridgehead atoms. The van der Waals surface area contributed by atoms with Crippen molar-refractivity contribution in [2.24, 2.45) is 0 Å². The summed E-state index contributed by atoms with van der Waals surface area (Å²) in [5.41, 5.74) is 2.64. The Bertz CT molecular complexity index is 1190. The minimum Gasteiger partial charge on any atom is -0.462 e. The molecule has 0 saturated carbocycles. The third kappa shape index (κ3) is 6.07. The predicted molar refractivity (Wildman–Crippen MR) is 142 cm³/mol. The first-order valence-corrected chi connectivity index (χ1v) is 13.2. The lowest BCUT2D eigenvalue weighted by Gasteiger charge is -2.12. The monoisotopic (exact) mass is 537 g/mol. The molecule has 34 heavy (non-hydrogen) atoms. The number of hydrogen-bond donors (Lipinski definition) is 2. The number of fused-ring (bicyclic) bond motifs is 1. The maximum absolute atomic E-state index is 12.8. The molecule has 0 atom stereocenters. The van der Waals surface area contributed by atoms with E-state index in [4.69, 9.17) is 40.2 Å². The van der Waals surface area contributed by atoms with Crippen LogP contribution in [-0.4, -0.2) is 32.5 Å². The highest BCUT2D eigenvalue weighted by atomic mass is 35.5. The van der Waals surface area contributed by atoms with Gasteiger partial charge in [0.05, 0.1) is 28.8 Å². The molecule has 0 unspecified atom stereocenters. The van der Waals surface area contributed by atoms with Gasteiger partial charge in [-0.3, -0.25) is 5.32 Å². The molecule has 0 radical (unpaired) electrons. The summed E-state index contributed by atoms with van der Waals surface area (Å²) in [6.45, 7) is 2.62. The number of benzene rings is 1. The highest BCUT2D eigenvalue weighted by Crippen LogP contribution is 2.37. The zero-order valence-electron chi connectivity index (χ0n) is 18.7. The van der Waals surface area contributed by atoms with Crippen LogP contribution in [0.3, 0.4) is 0 Å². The van der Waals surface area contributed by atoms with Crippen LogP contribution in [-0.2, 0) is 24.1 Å². The van der Waals surface area contributed by atoms with Gasteiger partial charge in [-0.25, -0.2) is 14.5 Å². The molecular weight excluding hydrogens is 513 g/mol. The Balaban J connectivity index is 1.47. The Hall–Kier alpha value is -2.20. The number of esters is 1. The van der Waals surface area contributed by atoms with E-state index in [1.54, 1.807) is 34.5 Å². The van der Waals surface area contributed by atoms with Gasteiger partial charge < -0.3 is 10.1 Å². The lowest BCUT2D eigenvalue weighted by molar-refractivity contribution is 0.0526. The van der Waals surface area contributed by atoms with Gasteiger partial charge in [0.25, 0.3) is 0 Å². The van der Waals surface area contributed by atoms with E-state index in [0.717, 1.165) is 36.8 Å². The lowest BCUT2D eigenvalue weighted by atomic mass is 9.96. The number of anilines is 2. The van der Waals surface area contributed by atoms with Crippen LogP contribution in [0.5, 0.6) is 0 Å². The fourth-order valence-corrected chi connectivity index (χ4v) is 5.78. The van der Waals surface area contributed by atoms with Crippen LogP contribution in [0.4, 0.5) is 10.9 Å². The summed E-state index contributed by atoms with van der Waals surface area (Å²) in [6, 6.07) is 5.43. The number of halogens is 2. The number of thiophene rings is 1. The quantitative estimate of drug-likeness (QED) is 0.280. The average molecular weight is 539 g/mol. The molecule has 1 aromatic carbocycles. The van der Waals surface area contributed by atoms with Crippen molar-refractivity contribution in [3.8, 4) is 0 Å². The lowest BCUT2D eigenvalue weighted by Crippen LogP contribution is -2.21. The Labute approximate surface area is 217 Å². The smallest absolute Gasteiger partial charge is 0.341 e. The topological polar surface area (TPSA) is 81.1 Å². The van der Waals surface area contributed by atoms with Crippen molar-refractivity contribution in [3.05, 3.63) is 56.1 Å². The van der Waals surface area contributed by atoms with Crippen LogP contribution >= 0.6 is 46.8 Å². The van der Waals surface area contributed by atoms with Crippen LogP contribution in [0, 0.1) is 0 Å². The predicted octanol–water partition coefficient (Wildman–Crippen LogP) is 6.34. The first kappa shape index (κ1) is 24.9. The van der Waals surface area contributed by atoms with Gasteiger partial charge in [0.15, 0.2) is 5.11 Å². The summed E-state index contributed by atoms with van der Waals surface area (Å²) in [6.07, 6.45) is 8.03.